The summed E-state index contributed by atoms with van der Waals surface area (Å²) < 4.78 is 0. The van der Waals surface area contributed by atoms with E-state index in [2.05, 4.69) is 15.3 Å². The monoisotopic (exact) mass is 280 g/mol. The number of carboxylic acid groups (broad SMARTS) is 1. The van der Waals surface area contributed by atoms with Crippen LogP contribution in [0.3, 0.4) is 0 Å². The average Bonchev–Trinajstić information content (AvgIpc) is 2.97. The van der Waals surface area contributed by atoms with Crippen molar-refractivity contribution in [3.8, 4) is 0 Å². The number of H-pyrrole nitrogens is 1. The average molecular weight is 280 g/mol. The van der Waals surface area contributed by atoms with Gasteiger partial charge in [-0.2, -0.15) is 0 Å². The molecule has 110 valence electrons. The lowest BCUT2D eigenvalue weighted by atomic mass is 10.0. The van der Waals surface area contributed by atoms with Crippen molar-refractivity contribution in [2.24, 2.45) is 0 Å². The van der Waals surface area contributed by atoms with Crippen LogP contribution in [-0.2, 0) is 11.2 Å². The first-order valence-corrected chi connectivity index (χ1v) is 6.68. The van der Waals surface area contributed by atoms with Gasteiger partial charge in [-0.25, -0.2) is 14.6 Å². The van der Waals surface area contributed by atoms with E-state index in [1.807, 2.05) is 13.8 Å². The van der Waals surface area contributed by atoms with Gasteiger partial charge in [0.15, 0.2) is 0 Å². The fourth-order valence-corrected chi connectivity index (χ4v) is 2.53. The van der Waals surface area contributed by atoms with E-state index < -0.39 is 12.0 Å². The van der Waals surface area contributed by atoms with Gasteiger partial charge in [-0.1, -0.05) is 0 Å². The second kappa shape index (κ2) is 5.52. The van der Waals surface area contributed by atoms with Gasteiger partial charge >= 0.3 is 12.0 Å². The molecule has 1 aliphatic heterocycles. The molecular weight excluding hydrogens is 260 g/mol. The minimum Gasteiger partial charge on any atom is -0.480 e. The number of urea groups is 1. The van der Waals surface area contributed by atoms with Gasteiger partial charge in [-0.3, -0.25) is 0 Å². The van der Waals surface area contributed by atoms with Crippen LogP contribution in [0, 0.1) is 0 Å². The molecule has 1 aliphatic rings. The molecule has 0 saturated carbocycles. The quantitative estimate of drug-likeness (QED) is 0.766. The zero-order valence-corrected chi connectivity index (χ0v) is 11.7. The third-order valence-corrected chi connectivity index (χ3v) is 3.72. The molecule has 0 bridgehead atoms. The largest absolute Gasteiger partial charge is 0.480 e. The third kappa shape index (κ3) is 3.09. The second-order valence-corrected chi connectivity index (χ2v) is 5.69. The Balaban J connectivity index is 2.01. The molecule has 1 aromatic heterocycles. The van der Waals surface area contributed by atoms with Crippen LogP contribution in [0.5, 0.6) is 0 Å². The fraction of sp³-hybridized carbons (Fsp3) is 0.615. The first kappa shape index (κ1) is 14.4. The van der Waals surface area contributed by atoms with Crippen LogP contribution in [-0.4, -0.2) is 50.1 Å². The Labute approximate surface area is 117 Å². The molecule has 0 aliphatic carbocycles. The lowest BCUT2D eigenvalue weighted by molar-refractivity contribution is -0.139. The molecule has 2 heterocycles. The highest BCUT2D eigenvalue weighted by Crippen LogP contribution is 2.28. The molecule has 1 atom stereocenters. The van der Waals surface area contributed by atoms with Crippen LogP contribution in [0.4, 0.5) is 4.79 Å². The van der Waals surface area contributed by atoms with Crippen LogP contribution in [0.25, 0.3) is 0 Å². The van der Waals surface area contributed by atoms with Gasteiger partial charge < -0.3 is 20.3 Å². The Morgan fingerprint density at radius 1 is 1.60 bits per heavy atom. The van der Waals surface area contributed by atoms with Gasteiger partial charge in [0.2, 0.25) is 0 Å². The highest BCUT2D eigenvalue weighted by molar-refractivity contribution is 5.83. The summed E-state index contributed by atoms with van der Waals surface area (Å²) in [5.74, 6) is -1.05. The smallest absolute Gasteiger partial charge is 0.326 e. The Hall–Kier alpha value is -2.05. The number of aromatic nitrogens is 2. The maximum atomic E-state index is 12.2. The standard InChI is InChI=1S/C13H20N4O3/c1-13(2)4-3-5-17(13)12(20)16-10(11(18)19)6-9-7-14-8-15-9/h7-8,10H,3-6H2,1-2H3,(H,14,15)(H,16,20)(H,18,19)/t10-/m0/s1. The number of nitrogens with one attached hydrogen (secondary N) is 2. The SMILES string of the molecule is CC1(C)CCCN1C(=O)N[C@@H](Cc1cnc[nH]1)C(=O)O. The maximum Gasteiger partial charge on any atom is 0.326 e. The number of hydrogen-bond acceptors (Lipinski definition) is 3. The molecule has 0 radical (unpaired) electrons. The molecule has 0 aromatic carbocycles. The van der Waals surface area contributed by atoms with Crippen LogP contribution in [0.1, 0.15) is 32.4 Å². The molecule has 2 rings (SSSR count). The Morgan fingerprint density at radius 2 is 2.35 bits per heavy atom. The van der Waals surface area contributed by atoms with Gasteiger partial charge in [0.05, 0.1) is 6.33 Å². The number of hydrogen-bond donors (Lipinski definition) is 3. The number of carbonyl (C=O) groups is 2. The molecule has 20 heavy (non-hydrogen) atoms. The first-order valence-electron chi connectivity index (χ1n) is 6.68. The molecule has 0 spiro atoms. The van der Waals surface area contributed by atoms with Crippen molar-refractivity contribution in [1.82, 2.24) is 20.2 Å². The molecule has 0 unspecified atom stereocenters. The van der Waals surface area contributed by atoms with Crippen molar-refractivity contribution in [1.29, 1.82) is 0 Å². The van der Waals surface area contributed by atoms with Crippen molar-refractivity contribution in [3.05, 3.63) is 18.2 Å². The molecule has 7 heteroatoms. The summed E-state index contributed by atoms with van der Waals surface area (Å²) in [7, 11) is 0. The summed E-state index contributed by atoms with van der Waals surface area (Å²) in [4.78, 5) is 31.9. The van der Waals surface area contributed by atoms with E-state index in [-0.39, 0.29) is 18.0 Å². The van der Waals surface area contributed by atoms with E-state index in [1.54, 1.807) is 11.1 Å². The summed E-state index contributed by atoms with van der Waals surface area (Å²) >= 11 is 0. The first-order chi connectivity index (χ1) is 9.40. The van der Waals surface area contributed by atoms with Gasteiger partial charge in [0.25, 0.3) is 0 Å². The molecule has 1 aromatic rings. The number of carboxylic acids is 1. The van der Waals surface area contributed by atoms with E-state index >= 15 is 0 Å². The van der Waals surface area contributed by atoms with Gasteiger partial charge in [-0.15, -0.1) is 0 Å². The Morgan fingerprint density at radius 3 is 2.85 bits per heavy atom. The topological polar surface area (TPSA) is 98.3 Å². The van der Waals surface area contributed by atoms with Crippen LogP contribution >= 0.6 is 0 Å². The van der Waals surface area contributed by atoms with E-state index in [4.69, 9.17) is 0 Å². The number of imidazole rings is 1. The zero-order chi connectivity index (χ0) is 14.8. The third-order valence-electron chi connectivity index (χ3n) is 3.72. The van der Waals surface area contributed by atoms with Crippen LogP contribution in [0.2, 0.25) is 0 Å². The summed E-state index contributed by atoms with van der Waals surface area (Å²) in [6, 6.07) is -1.28. The normalized spacial score (nSPS) is 18.8. The number of rotatable bonds is 4. The predicted octanol–water partition coefficient (Wildman–Crippen LogP) is 0.989. The van der Waals surface area contributed by atoms with Gasteiger partial charge in [0, 0.05) is 30.4 Å². The minimum atomic E-state index is -1.05. The van der Waals surface area contributed by atoms with Crippen molar-refractivity contribution >= 4 is 12.0 Å². The van der Waals surface area contributed by atoms with Crippen molar-refractivity contribution in [3.63, 3.8) is 0 Å². The molecule has 1 saturated heterocycles. The highest BCUT2D eigenvalue weighted by Gasteiger charge is 2.36. The summed E-state index contributed by atoms with van der Waals surface area (Å²) in [5, 5.41) is 11.8. The number of amides is 2. The number of carbonyl (C=O) groups excluding carboxylic acids is 1. The fourth-order valence-electron chi connectivity index (χ4n) is 2.53. The number of aromatic amines is 1. The summed E-state index contributed by atoms with van der Waals surface area (Å²) in [6.45, 7) is 4.64. The molecular formula is C13H20N4O3. The van der Waals surface area contributed by atoms with Crippen LogP contribution < -0.4 is 5.32 Å². The van der Waals surface area contributed by atoms with Gasteiger partial charge in [0.1, 0.15) is 6.04 Å². The van der Waals surface area contributed by atoms with Gasteiger partial charge in [-0.05, 0) is 26.7 Å². The molecule has 2 amide bonds. The minimum absolute atomic E-state index is 0.190. The lowest BCUT2D eigenvalue weighted by Gasteiger charge is -2.32. The maximum absolute atomic E-state index is 12.2. The second-order valence-electron chi connectivity index (χ2n) is 5.69. The van der Waals surface area contributed by atoms with E-state index in [9.17, 15) is 14.7 Å². The number of likely N-dealkylation sites (tertiary alicyclic amines) is 1. The van der Waals surface area contributed by atoms with Crippen molar-refractivity contribution in [2.45, 2.75) is 44.7 Å². The van der Waals surface area contributed by atoms with Crippen molar-refractivity contribution < 1.29 is 14.7 Å². The summed E-state index contributed by atoms with van der Waals surface area (Å²) in [5.41, 5.74) is 0.458. The lowest BCUT2D eigenvalue weighted by Crippen LogP contribution is -2.53. The van der Waals surface area contributed by atoms with E-state index in [0.717, 1.165) is 12.8 Å². The highest BCUT2D eigenvalue weighted by atomic mass is 16.4. The molecule has 3 N–H and O–H groups in total. The van der Waals surface area contributed by atoms with Crippen LogP contribution in [0.15, 0.2) is 12.5 Å². The van der Waals surface area contributed by atoms with E-state index in [0.29, 0.717) is 12.2 Å². The number of nitrogens with zero attached hydrogens (tertiary/aromatic N) is 2. The van der Waals surface area contributed by atoms with Crippen molar-refractivity contribution in [2.75, 3.05) is 6.54 Å². The Bertz CT molecular complexity index is 484. The molecule has 1 fully saturated rings. The van der Waals surface area contributed by atoms with E-state index in [1.165, 1.54) is 6.33 Å². The number of aliphatic carboxylic acids is 1. The summed E-state index contributed by atoms with van der Waals surface area (Å²) in [6.07, 6.45) is 5.11. The Kier molecular flexibility index (Phi) is 3.96. The molecule has 7 nitrogen and oxygen atoms in total. The predicted molar refractivity (Wildman–Crippen MR) is 72.3 cm³/mol. The zero-order valence-electron chi connectivity index (χ0n) is 11.7.